The van der Waals surface area contributed by atoms with Crippen LogP contribution >= 0.6 is 19.4 Å². The molecule has 1 aromatic rings. The van der Waals surface area contributed by atoms with E-state index in [1.54, 1.807) is 13.8 Å². The fourth-order valence-electron chi connectivity index (χ4n) is 3.35. The molecule has 142 valence electrons. The van der Waals surface area contributed by atoms with E-state index in [1.165, 1.54) is 36.0 Å². The summed E-state index contributed by atoms with van der Waals surface area (Å²) in [6, 6.07) is 3.90. The minimum atomic E-state index is -4.52. The van der Waals surface area contributed by atoms with Crippen LogP contribution in [0.3, 0.4) is 0 Å². The maximum atomic E-state index is 12.4. The van der Waals surface area contributed by atoms with Gasteiger partial charge < -0.3 is 30.8 Å². The molecule has 0 radical (unpaired) electrons. The predicted molar refractivity (Wildman–Crippen MR) is 95.1 cm³/mol. The van der Waals surface area contributed by atoms with Crippen LogP contribution in [-0.2, 0) is 14.2 Å². The number of phenolic OH excluding ortho intramolecular Hbond substituents is 1. The van der Waals surface area contributed by atoms with Gasteiger partial charge in [-0.05, 0) is 31.5 Å². The summed E-state index contributed by atoms with van der Waals surface area (Å²) in [6.07, 6.45) is 0. The van der Waals surface area contributed by atoms with Gasteiger partial charge in [0, 0.05) is 4.75 Å². The Kier molecular flexibility index (Phi) is 4.61. The van der Waals surface area contributed by atoms with Crippen molar-refractivity contribution in [2.24, 2.45) is 5.73 Å². The molecule has 2 unspecified atom stereocenters. The van der Waals surface area contributed by atoms with E-state index in [2.05, 4.69) is 5.32 Å². The minimum absolute atomic E-state index is 0.0410. The maximum Gasteiger partial charge on any atom is 0.349 e. The second kappa shape index (κ2) is 6.24. The molecular formula is C15H20N3O6PS. The van der Waals surface area contributed by atoms with Gasteiger partial charge in [-0.2, -0.15) is 0 Å². The molecule has 2 aliphatic heterocycles. The zero-order chi connectivity index (χ0) is 19.4. The predicted octanol–water partition coefficient (Wildman–Crippen LogP) is 0.0743. The maximum absolute atomic E-state index is 12.4. The Labute approximate surface area is 154 Å². The van der Waals surface area contributed by atoms with E-state index < -0.39 is 47.4 Å². The van der Waals surface area contributed by atoms with Crippen LogP contribution in [0.1, 0.15) is 25.5 Å². The van der Waals surface area contributed by atoms with Crippen molar-refractivity contribution in [1.29, 1.82) is 0 Å². The van der Waals surface area contributed by atoms with Crippen molar-refractivity contribution >= 4 is 31.2 Å². The largest absolute Gasteiger partial charge is 0.508 e. The molecule has 2 fully saturated rings. The summed E-state index contributed by atoms with van der Waals surface area (Å²) >= 11 is 1.24. The number of nitrogens with one attached hydrogen (secondary N) is 1. The van der Waals surface area contributed by atoms with E-state index in [0.29, 0.717) is 5.56 Å². The molecule has 2 saturated heterocycles. The number of rotatable bonds is 4. The number of hydrogen-bond acceptors (Lipinski definition) is 6. The number of β-lactam (4-membered cyclic amide) rings is 1. The van der Waals surface area contributed by atoms with E-state index in [1.807, 2.05) is 0 Å². The third-order valence-electron chi connectivity index (χ3n) is 4.54. The SMILES string of the molecule is CC1(C)S[C@@H]2C(NC(=O)[C@H](N)c3ccc(O)cc3)C(=O)N2C1P(=O)(O)O. The van der Waals surface area contributed by atoms with Crippen molar-refractivity contribution < 1.29 is 29.0 Å². The fourth-order valence-corrected chi connectivity index (χ4v) is 6.95. The van der Waals surface area contributed by atoms with Crippen LogP contribution in [0.15, 0.2) is 24.3 Å². The first kappa shape index (κ1) is 19.2. The van der Waals surface area contributed by atoms with E-state index in [4.69, 9.17) is 5.73 Å². The molecule has 0 aliphatic carbocycles. The second-order valence-corrected chi connectivity index (χ2v) is 10.3. The summed E-state index contributed by atoms with van der Waals surface area (Å²) in [5.74, 6) is -2.30. The summed E-state index contributed by atoms with van der Waals surface area (Å²) in [6.45, 7) is 3.32. The highest BCUT2D eigenvalue weighted by Gasteiger charge is 2.66. The highest BCUT2D eigenvalue weighted by molar-refractivity contribution is 8.02. The highest BCUT2D eigenvalue weighted by Crippen LogP contribution is 2.62. The smallest absolute Gasteiger partial charge is 0.349 e. The molecule has 0 saturated carbocycles. The zero-order valence-electron chi connectivity index (χ0n) is 14.1. The van der Waals surface area contributed by atoms with Crippen LogP contribution in [0.25, 0.3) is 0 Å². The Morgan fingerprint density at radius 1 is 1.35 bits per heavy atom. The van der Waals surface area contributed by atoms with Gasteiger partial charge in [-0.15, -0.1) is 11.8 Å². The highest BCUT2D eigenvalue weighted by atomic mass is 32.2. The van der Waals surface area contributed by atoms with Crippen molar-refractivity contribution in [3.8, 4) is 5.75 Å². The molecule has 4 atom stereocenters. The molecule has 3 rings (SSSR count). The molecule has 9 nitrogen and oxygen atoms in total. The lowest BCUT2D eigenvalue weighted by molar-refractivity contribution is -0.149. The molecule has 0 bridgehead atoms. The van der Waals surface area contributed by atoms with Crippen molar-refractivity contribution in [2.45, 2.75) is 41.8 Å². The summed E-state index contributed by atoms with van der Waals surface area (Å²) in [5, 5.41) is 11.3. The van der Waals surface area contributed by atoms with Crippen molar-refractivity contribution in [2.75, 3.05) is 0 Å². The van der Waals surface area contributed by atoms with E-state index >= 15 is 0 Å². The van der Waals surface area contributed by atoms with Crippen molar-refractivity contribution in [3.63, 3.8) is 0 Å². The van der Waals surface area contributed by atoms with E-state index in [9.17, 15) is 29.0 Å². The third-order valence-corrected chi connectivity index (χ3v) is 7.82. The molecule has 2 aliphatic rings. The number of nitrogens with two attached hydrogens (primary N) is 1. The quantitative estimate of drug-likeness (QED) is 0.351. The van der Waals surface area contributed by atoms with Gasteiger partial charge in [0.2, 0.25) is 11.8 Å². The monoisotopic (exact) mass is 401 g/mol. The van der Waals surface area contributed by atoms with Gasteiger partial charge in [-0.3, -0.25) is 14.2 Å². The van der Waals surface area contributed by atoms with Crippen LogP contribution in [0.4, 0.5) is 0 Å². The van der Waals surface area contributed by atoms with Crippen LogP contribution < -0.4 is 11.1 Å². The van der Waals surface area contributed by atoms with Crippen LogP contribution in [0, 0.1) is 0 Å². The third kappa shape index (κ3) is 3.12. The van der Waals surface area contributed by atoms with Gasteiger partial charge in [0.25, 0.3) is 0 Å². The number of aromatic hydroxyl groups is 1. The number of carbonyl (C=O) groups is 2. The van der Waals surface area contributed by atoms with Crippen molar-refractivity contribution in [3.05, 3.63) is 29.8 Å². The van der Waals surface area contributed by atoms with Gasteiger partial charge in [0.05, 0.1) is 0 Å². The first-order valence-corrected chi connectivity index (χ1v) is 10.4. The Bertz CT molecular complexity index is 795. The van der Waals surface area contributed by atoms with E-state index in [-0.39, 0.29) is 5.75 Å². The molecule has 2 amide bonds. The molecular weight excluding hydrogens is 381 g/mol. The lowest BCUT2D eigenvalue weighted by atomic mass is 10.0. The summed E-state index contributed by atoms with van der Waals surface area (Å²) in [5.41, 5.74) is 6.37. The number of carbonyl (C=O) groups excluding carboxylic acids is 2. The van der Waals surface area contributed by atoms with Gasteiger partial charge in [0.15, 0.2) is 0 Å². The fraction of sp³-hybridized carbons (Fsp3) is 0.467. The average Bonchev–Trinajstić information content (AvgIpc) is 2.80. The Hall–Kier alpha value is -1.58. The van der Waals surface area contributed by atoms with Crippen molar-refractivity contribution in [1.82, 2.24) is 10.2 Å². The Balaban J connectivity index is 1.73. The van der Waals surface area contributed by atoms with E-state index in [0.717, 1.165) is 4.90 Å². The molecule has 0 spiro atoms. The van der Waals surface area contributed by atoms with Gasteiger partial charge in [-0.1, -0.05) is 12.1 Å². The zero-order valence-corrected chi connectivity index (χ0v) is 15.8. The molecule has 26 heavy (non-hydrogen) atoms. The number of thioether (sulfide) groups is 1. The van der Waals surface area contributed by atoms with Crippen LogP contribution in [0.5, 0.6) is 5.75 Å². The topological polar surface area (TPSA) is 153 Å². The number of nitrogens with zero attached hydrogens (tertiary/aromatic N) is 1. The van der Waals surface area contributed by atoms with Gasteiger partial charge in [-0.25, -0.2) is 0 Å². The number of phenols is 1. The molecule has 2 heterocycles. The summed E-state index contributed by atoms with van der Waals surface area (Å²) < 4.78 is 10.9. The first-order chi connectivity index (χ1) is 11.9. The Morgan fingerprint density at radius 3 is 2.46 bits per heavy atom. The van der Waals surface area contributed by atoms with Crippen LogP contribution in [0.2, 0.25) is 0 Å². The lowest BCUT2D eigenvalue weighted by Crippen LogP contribution is -2.69. The molecule has 6 N–H and O–H groups in total. The number of hydrogen-bond donors (Lipinski definition) is 5. The summed E-state index contributed by atoms with van der Waals surface area (Å²) in [4.78, 5) is 45.1. The average molecular weight is 401 g/mol. The number of fused-ring (bicyclic) bond motifs is 1. The van der Waals surface area contributed by atoms with Gasteiger partial charge >= 0.3 is 7.60 Å². The standard InChI is InChI=1S/C15H20N3O6PS/c1-15(2)14(25(22,23)24)18-12(21)10(13(18)26-15)17-11(20)9(16)7-3-5-8(19)6-4-7/h3-6,9-10,13-14,19H,16H2,1-2H3,(H,17,20)(H2,22,23,24)/t9-,10?,13-,14?/m1/s1. The second-order valence-electron chi connectivity index (χ2n) is 6.88. The molecule has 0 aromatic heterocycles. The summed E-state index contributed by atoms with van der Waals surface area (Å²) in [7, 11) is -4.52. The number of amides is 2. The van der Waals surface area contributed by atoms with Crippen LogP contribution in [-0.4, -0.2) is 53.6 Å². The Morgan fingerprint density at radius 2 is 1.92 bits per heavy atom. The molecule has 11 heteroatoms. The lowest BCUT2D eigenvalue weighted by Gasteiger charge is -2.44. The normalized spacial score (nSPS) is 28.3. The van der Waals surface area contributed by atoms with Gasteiger partial charge in [0.1, 0.15) is 29.0 Å². The molecule has 1 aromatic carbocycles. The number of benzene rings is 1. The first-order valence-electron chi connectivity index (χ1n) is 7.83. The minimum Gasteiger partial charge on any atom is -0.508 e.